The monoisotopic (exact) mass is 403 g/mol. The zero-order chi connectivity index (χ0) is 19.8. The second-order valence-corrected chi connectivity index (χ2v) is 7.42. The predicted octanol–water partition coefficient (Wildman–Crippen LogP) is 3.32. The van der Waals surface area contributed by atoms with Gasteiger partial charge in [0, 0.05) is 5.69 Å². The van der Waals surface area contributed by atoms with Gasteiger partial charge in [0.15, 0.2) is 5.16 Å². The van der Waals surface area contributed by atoms with Crippen LogP contribution >= 0.6 is 11.8 Å². The molecule has 5 aromatic rings. The van der Waals surface area contributed by atoms with Crippen LogP contribution in [0.2, 0.25) is 0 Å². The third-order valence-corrected chi connectivity index (χ3v) is 5.28. The molecular weight excluding hydrogens is 386 g/mol. The van der Waals surface area contributed by atoms with Crippen molar-refractivity contribution in [2.24, 2.45) is 0 Å². The van der Waals surface area contributed by atoms with Crippen LogP contribution in [0.15, 0.2) is 53.7 Å². The summed E-state index contributed by atoms with van der Waals surface area (Å²) in [5.74, 6) is 2.34. The first-order chi connectivity index (χ1) is 14.2. The first kappa shape index (κ1) is 17.4. The molecule has 0 aliphatic carbocycles. The van der Waals surface area contributed by atoms with Gasteiger partial charge in [-0.2, -0.15) is 15.0 Å². The zero-order valence-electron chi connectivity index (χ0n) is 15.5. The van der Waals surface area contributed by atoms with E-state index in [9.17, 15) is 0 Å². The number of nitrogens with zero attached hydrogens (tertiary/aromatic N) is 6. The molecule has 9 nitrogen and oxygen atoms in total. The molecule has 0 saturated carbocycles. The number of aromatic amines is 1. The van der Waals surface area contributed by atoms with Crippen molar-refractivity contribution < 1.29 is 0 Å². The molecule has 0 spiro atoms. The zero-order valence-corrected chi connectivity index (χ0v) is 16.3. The van der Waals surface area contributed by atoms with Gasteiger partial charge in [-0.1, -0.05) is 41.6 Å². The average molecular weight is 403 g/mol. The summed E-state index contributed by atoms with van der Waals surface area (Å²) in [6.45, 7) is 2.04. The molecule has 5 rings (SSSR count). The number of aromatic nitrogens is 7. The molecule has 29 heavy (non-hydrogen) atoms. The molecule has 3 aromatic heterocycles. The lowest BCUT2D eigenvalue weighted by molar-refractivity contribution is 0.931. The number of aryl methyl sites for hydroxylation is 1. The van der Waals surface area contributed by atoms with E-state index < -0.39 is 0 Å². The van der Waals surface area contributed by atoms with E-state index in [0.717, 1.165) is 21.9 Å². The summed E-state index contributed by atoms with van der Waals surface area (Å²) >= 11 is 1.50. The molecule has 0 radical (unpaired) electrons. The summed E-state index contributed by atoms with van der Waals surface area (Å²) in [5, 5.41) is 11.3. The van der Waals surface area contributed by atoms with Gasteiger partial charge in [-0.15, -0.1) is 5.10 Å². The predicted molar refractivity (Wildman–Crippen MR) is 113 cm³/mol. The van der Waals surface area contributed by atoms with E-state index in [4.69, 9.17) is 5.73 Å². The Labute approximate surface area is 169 Å². The number of H-pyrrole nitrogens is 1. The van der Waals surface area contributed by atoms with Crippen molar-refractivity contribution in [2.45, 2.75) is 17.8 Å². The summed E-state index contributed by atoms with van der Waals surface area (Å²) in [4.78, 5) is 17.4. The first-order valence-corrected chi connectivity index (χ1v) is 9.93. The van der Waals surface area contributed by atoms with E-state index in [1.54, 1.807) is 0 Å². The molecule has 0 bridgehead atoms. The molecule has 0 unspecified atom stereocenters. The molecule has 10 heteroatoms. The number of nitrogens with one attached hydrogen (secondary N) is 2. The third-order valence-electron chi connectivity index (χ3n) is 4.34. The Morgan fingerprint density at radius 1 is 1.03 bits per heavy atom. The maximum atomic E-state index is 5.89. The highest BCUT2D eigenvalue weighted by Crippen LogP contribution is 2.25. The smallest absolute Gasteiger partial charge is 0.232 e. The van der Waals surface area contributed by atoms with Crippen LogP contribution in [0.5, 0.6) is 0 Å². The summed E-state index contributed by atoms with van der Waals surface area (Å²) in [5.41, 5.74) is 9.86. The van der Waals surface area contributed by atoms with Crippen molar-refractivity contribution in [3.63, 3.8) is 0 Å². The molecule has 4 N–H and O–H groups in total. The fourth-order valence-corrected chi connectivity index (χ4v) is 3.80. The quantitative estimate of drug-likeness (QED) is 0.382. The number of benzene rings is 2. The molecule has 144 valence electrons. The number of rotatable bonds is 5. The van der Waals surface area contributed by atoms with Gasteiger partial charge >= 0.3 is 0 Å². The van der Waals surface area contributed by atoms with Gasteiger partial charge in [0.25, 0.3) is 0 Å². The Morgan fingerprint density at radius 2 is 1.86 bits per heavy atom. The summed E-state index contributed by atoms with van der Waals surface area (Å²) in [6, 6.07) is 15.9. The molecule has 0 saturated heterocycles. The molecule has 0 amide bonds. The van der Waals surface area contributed by atoms with Crippen LogP contribution < -0.4 is 11.1 Å². The number of nitrogen functional groups attached to an aromatic ring is 1. The van der Waals surface area contributed by atoms with Crippen LogP contribution in [0.3, 0.4) is 0 Å². The average Bonchev–Trinajstić information content (AvgIpc) is 3.27. The van der Waals surface area contributed by atoms with Gasteiger partial charge in [0.1, 0.15) is 5.82 Å². The number of nitrogens with two attached hydrogens (primary N) is 1. The highest BCUT2D eigenvalue weighted by Gasteiger charge is 2.13. The Morgan fingerprint density at radius 3 is 2.72 bits per heavy atom. The summed E-state index contributed by atoms with van der Waals surface area (Å²) in [6.07, 6.45) is 0. The number of anilines is 3. The van der Waals surface area contributed by atoms with Crippen LogP contribution in [0.1, 0.15) is 11.4 Å². The van der Waals surface area contributed by atoms with Gasteiger partial charge in [-0.05, 0) is 31.2 Å². The van der Waals surface area contributed by atoms with Gasteiger partial charge < -0.3 is 11.1 Å². The maximum absolute atomic E-state index is 5.89. The van der Waals surface area contributed by atoms with E-state index in [0.29, 0.717) is 23.3 Å². The van der Waals surface area contributed by atoms with Gasteiger partial charge in [-0.25, -0.2) is 10.1 Å². The largest absolute Gasteiger partial charge is 0.368 e. The minimum absolute atomic E-state index is 0.172. The first-order valence-electron chi connectivity index (χ1n) is 8.94. The number of para-hydroxylation sites is 2. The maximum Gasteiger partial charge on any atom is 0.232 e. The molecular formula is C19H17N9S. The molecule has 2 aromatic carbocycles. The van der Waals surface area contributed by atoms with E-state index in [2.05, 4.69) is 35.5 Å². The van der Waals surface area contributed by atoms with Crippen molar-refractivity contribution >= 4 is 46.2 Å². The second kappa shape index (κ2) is 7.06. The SMILES string of the molecule is Cc1ccc(Nc2nc(N)nc(CSc3n[nH]c4nc5ccccc5n34)n2)cc1. The number of hydrogen-bond acceptors (Lipinski definition) is 8. The summed E-state index contributed by atoms with van der Waals surface area (Å²) in [7, 11) is 0. The van der Waals surface area contributed by atoms with Gasteiger partial charge in [0.05, 0.1) is 16.8 Å². The lowest BCUT2D eigenvalue weighted by Gasteiger charge is -2.07. The van der Waals surface area contributed by atoms with Gasteiger partial charge in [0.2, 0.25) is 17.7 Å². The Kier molecular flexibility index (Phi) is 4.24. The van der Waals surface area contributed by atoms with E-state index in [1.165, 1.54) is 17.3 Å². The van der Waals surface area contributed by atoms with Crippen LogP contribution in [-0.2, 0) is 5.75 Å². The molecule has 0 aliphatic rings. The van der Waals surface area contributed by atoms with Crippen molar-refractivity contribution in [3.05, 3.63) is 59.9 Å². The molecule has 0 aliphatic heterocycles. The van der Waals surface area contributed by atoms with Crippen molar-refractivity contribution in [3.8, 4) is 0 Å². The fraction of sp³-hybridized carbons (Fsp3) is 0.105. The normalized spacial score (nSPS) is 11.3. The number of imidazole rings is 1. The van der Waals surface area contributed by atoms with Crippen molar-refractivity contribution in [1.29, 1.82) is 0 Å². The number of thioether (sulfide) groups is 1. The third kappa shape index (κ3) is 3.45. The fourth-order valence-electron chi connectivity index (χ4n) is 2.99. The number of hydrogen-bond donors (Lipinski definition) is 3. The Hall–Kier alpha value is -3.66. The van der Waals surface area contributed by atoms with E-state index >= 15 is 0 Å². The minimum atomic E-state index is 0.172. The standard InChI is InChI=1S/C19H17N9S/c1-11-6-8-12(9-7-11)21-17-24-15(23-16(20)25-17)10-29-19-27-26-18-22-13-4-2-3-5-14(13)28(18)19/h2-9H,10H2,1H3,(H,22,26)(H3,20,21,23,24,25). The highest BCUT2D eigenvalue weighted by atomic mass is 32.2. The lowest BCUT2D eigenvalue weighted by Crippen LogP contribution is -2.06. The van der Waals surface area contributed by atoms with E-state index in [1.807, 2.05) is 59.9 Å². The molecule has 0 fully saturated rings. The second-order valence-electron chi connectivity index (χ2n) is 6.48. The highest BCUT2D eigenvalue weighted by molar-refractivity contribution is 7.98. The van der Waals surface area contributed by atoms with Crippen LogP contribution in [0.25, 0.3) is 16.8 Å². The lowest BCUT2D eigenvalue weighted by atomic mass is 10.2. The molecule has 3 heterocycles. The van der Waals surface area contributed by atoms with Gasteiger partial charge in [-0.3, -0.25) is 4.40 Å². The molecule has 0 atom stereocenters. The van der Waals surface area contributed by atoms with Crippen LogP contribution in [0.4, 0.5) is 17.6 Å². The minimum Gasteiger partial charge on any atom is -0.368 e. The topological polar surface area (TPSA) is 123 Å². The van der Waals surface area contributed by atoms with Crippen LogP contribution in [-0.4, -0.2) is 34.5 Å². The number of fused-ring (bicyclic) bond motifs is 3. The van der Waals surface area contributed by atoms with Crippen molar-refractivity contribution in [1.82, 2.24) is 34.5 Å². The summed E-state index contributed by atoms with van der Waals surface area (Å²) < 4.78 is 1.98. The van der Waals surface area contributed by atoms with Crippen molar-refractivity contribution in [2.75, 3.05) is 11.1 Å². The Bertz CT molecular complexity index is 1310. The van der Waals surface area contributed by atoms with Crippen LogP contribution in [0, 0.1) is 6.92 Å². The van der Waals surface area contributed by atoms with E-state index in [-0.39, 0.29) is 5.95 Å². The Balaban J connectivity index is 1.39.